The number of carbonyl (C=O) groups is 1. The van der Waals surface area contributed by atoms with E-state index in [1.165, 1.54) is 6.08 Å². The Hall–Kier alpha value is -1.57. The number of benzene rings is 2. The van der Waals surface area contributed by atoms with Crippen LogP contribution in [0.4, 0.5) is 0 Å². The highest BCUT2D eigenvalue weighted by molar-refractivity contribution is 6.32. The maximum atomic E-state index is 11.9. The van der Waals surface area contributed by atoms with E-state index in [1.807, 2.05) is 18.2 Å². The van der Waals surface area contributed by atoms with E-state index in [0.29, 0.717) is 15.6 Å². The molecule has 0 unspecified atom stereocenters. The van der Waals surface area contributed by atoms with E-state index in [4.69, 9.17) is 23.2 Å². The van der Waals surface area contributed by atoms with Gasteiger partial charge in [-0.05, 0) is 35.9 Å². The zero-order valence-corrected chi connectivity index (χ0v) is 10.9. The molecule has 2 aromatic rings. The van der Waals surface area contributed by atoms with Crippen LogP contribution < -0.4 is 0 Å². The summed E-state index contributed by atoms with van der Waals surface area (Å²) in [6.45, 7) is 0. The molecule has 0 saturated heterocycles. The smallest absolute Gasteiger partial charge is 0.185 e. The third kappa shape index (κ3) is 3.22. The summed E-state index contributed by atoms with van der Waals surface area (Å²) in [5, 5.41) is 1.17. The van der Waals surface area contributed by atoms with E-state index >= 15 is 0 Å². The van der Waals surface area contributed by atoms with Gasteiger partial charge in [0.1, 0.15) is 0 Å². The van der Waals surface area contributed by atoms with Crippen molar-refractivity contribution in [1.82, 2.24) is 0 Å². The van der Waals surface area contributed by atoms with Gasteiger partial charge in [-0.25, -0.2) is 0 Å². The average Bonchev–Trinajstić information content (AvgIpc) is 2.37. The van der Waals surface area contributed by atoms with Gasteiger partial charge in [0, 0.05) is 15.6 Å². The van der Waals surface area contributed by atoms with E-state index in [1.54, 1.807) is 36.4 Å². The summed E-state index contributed by atoms with van der Waals surface area (Å²) in [5.74, 6) is -0.0996. The minimum Gasteiger partial charge on any atom is -0.289 e. The van der Waals surface area contributed by atoms with Gasteiger partial charge in [-0.1, -0.05) is 53.5 Å². The first-order valence-corrected chi connectivity index (χ1v) is 6.15. The topological polar surface area (TPSA) is 17.1 Å². The summed E-state index contributed by atoms with van der Waals surface area (Å²) < 4.78 is 0. The molecular formula is C15H10Cl2O. The first-order chi connectivity index (χ1) is 8.66. The number of hydrogen-bond acceptors (Lipinski definition) is 1. The zero-order valence-electron chi connectivity index (χ0n) is 9.44. The molecule has 2 aromatic carbocycles. The minimum atomic E-state index is -0.0996. The number of rotatable bonds is 3. The molecule has 3 heteroatoms. The lowest BCUT2D eigenvalue weighted by molar-refractivity contribution is 0.104. The van der Waals surface area contributed by atoms with E-state index in [9.17, 15) is 4.79 Å². The number of ketones is 1. The van der Waals surface area contributed by atoms with E-state index in [0.717, 1.165) is 5.56 Å². The highest BCUT2D eigenvalue weighted by atomic mass is 35.5. The number of hydrogen-bond donors (Lipinski definition) is 0. The molecule has 0 saturated carbocycles. The zero-order chi connectivity index (χ0) is 13.0. The van der Waals surface area contributed by atoms with Crippen molar-refractivity contribution in [3.05, 3.63) is 75.8 Å². The highest BCUT2D eigenvalue weighted by Crippen LogP contribution is 2.17. The Labute approximate surface area is 116 Å². The Kier molecular flexibility index (Phi) is 4.19. The van der Waals surface area contributed by atoms with Crippen molar-refractivity contribution >= 4 is 35.1 Å². The second kappa shape index (κ2) is 5.85. The SMILES string of the molecule is O=C(/C=C/c1ccccc1Cl)c1cccc(Cl)c1. The Morgan fingerprint density at radius 3 is 2.50 bits per heavy atom. The van der Waals surface area contributed by atoms with Crippen molar-refractivity contribution in [3.8, 4) is 0 Å². The van der Waals surface area contributed by atoms with Crippen LogP contribution in [0.3, 0.4) is 0 Å². The number of carbonyl (C=O) groups excluding carboxylic acids is 1. The van der Waals surface area contributed by atoms with Crippen LogP contribution in [-0.2, 0) is 0 Å². The Morgan fingerprint density at radius 2 is 1.78 bits per heavy atom. The highest BCUT2D eigenvalue weighted by Gasteiger charge is 2.02. The standard InChI is InChI=1S/C15H10Cl2O/c16-13-6-3-5-12(10-13)15(18)9-8-11-4-1-2-7-14(11)17/h1-10H/b9-8+. The lowest BCUT2D eigenvalue weighted by Gasteiger charge is -1.98. The van der Waals surface area contributed by atoms with Gasteiger partial charge in [0.25, 0.3) is 0 Å². The summed E-state index contributed by atoms with van der Waals surface area (Å²) in [4.78, 5) is 11.9. The van der Waals surface area contributed by atoms with Crippen LogP contribution >= 0.6 is 23.2 Å². The molecule has 0 aliphatic carbocycles. The molecule has 1 nitrogen and oxygen atoms in total. The maximum Gasteiger partial charge on any atom is 0.185 e. The molecule has 0 aliphatic heterocycles. The van der Waals surface area contributed by atoms with Gasteiger partial charge >= 0.3 is 0 Å². The molecule has 0 spiro atoms. The summed E-state index contributed by atoms with van der Waals surface area (Å²) in [6, 6.07) is 14.2. The van der Waals surface area contributed by atoms with E-state index in [2.05, 4.69) is 0 Å². The third-order valence-electron chi connectivity index (χ3n) is 2.43. The second-order valence-electron chi connectivity index (χ2n) is 3.73. The summed E-state index contributed by atoms with van der Waals surface area (Å²) >= 11 is 11.8. The lowest BCUT2D eigenvalue weighted by Crippen LogP contribution is -1.93. The maximum absolute atomic E-state index is 11.9. The van der Waals surface area contributed by atoms with Crippen LogP contribution in [0.25, 0.3) is 6.08 Å². The van der Waals surface area contributed by atoms with Crippen molar-refractivity contribution in [2.75, 3.05) is 0 Å². The molecule has 0 N–H and O–H groups in total. The first kappa shape index (κ1) is 12.9. The van der Waals surface area contributed by atoms with Crippen LogP contribution in [0, 0.1) is 0 Å². The number of halogens is 2. The van der Waals surface area contributed by atoms with Crippen LogP contribution in [0.2, 0.25) is 10.0 Å². The summed E-state index contributed by atoms with van der Waals surface area (Å²) in [7, 11) is 0. The van der Waals surface area contributed by atoms with E-state index in [-0.39, 0.29) is 5.78 Å². The summed E-state index contributed by atoms with van der Waals surface area (Å²) in [6.07, 6.45) is 3.19. The fourth-order valence-corrected chi connectivity index (χ4v) is 1.90. The predicted molar refractivity (Wildman–Crippen MR) is 76.3 cm³/mol. The van der Waals surface area contributed by atoms with Crippen molar-refractivity contribution < 1.29 is 4.79 Å². The predicted octanol–water partition coefficient (Wildman–Crippen LogP) is 4.89. The molecule has 0 fully saturated rings. The Bertz CT molecular complexity index is 603. The fourth-order valence-electron chi connectivity index (χ4n) is 1.51. The molecule has 0 aliphatic rings. The van der Waals surface area contributed by atoms with Gasteiger partial charge < -0.3 is 0 Å². The van der Waals surface area contributed by atoms with Gasteiger partial charge in [0.2, 0.25) is 0 Å². The molecule has 0 radical (unpaired) electrons. The van der Waals surface area contributed by atoms with Gasteiger partial charge in [-0.3, -0.25) is 4.79 Å². The quantitative estimate of drug-likeness (QED) is 0.576. The number of allylic oxidation sites excluding steroid dienone is 1. The van der Waals surface area contributed by atoms with Crippen molar-refractivity contribution in [1.29, 1.82) is 0 Å². The van der Waals surface area contributed by atoms with Crippen molar-refractivity contribution in [2.24, 2.45) is 0 Å². The van der Waals surface area contributed by atoms with Crippen molar-refractivity contribution in [3.63, 3.8) is 0 Å². The molecule has 0 amide bonds. The largest absolute Gasteiger partial charge is 0.289 e. The van der Waals surface area contributed by atoms with Crippen LogP contribution in [0.15, 0.2) is 54.6 Å². The lowest BCUT2D eigenvalue weighted by atomic mass is 10.1. The van der Waals surface area contributed by atoms with Crippen LogP contribution in [0.5, 0.6) is 0 Å². The normalized spacial score (nSPS) is 10.8. The Balaban J connectivity index is 2.20. The van der Waals surface area contributed by atoms with Gasteiger partial charge in [0.05, 0.1) is 0 Å². The molecule has 0 heterocycles. The van der Waals surface area contributed by atoms with Gasteiger partial charge in [-0.15, -0.1) is 0 Å². The molecular weight excluding hydrogens is 267 g/mol. The Morgan fingerprint density at radius 1 is 1.00 bits per heavy atom. The third-order valence-corrected chi connectivity index (χ3v) is 3.01. The summed E-state index contributed by atoms with van der Waals surface area (Å²) in [5.41, 5.74) is 1.38. The molecule has 18 heavy (non-hydrogen) atoms. The molecule has 90 valence electrons. The monoisotopic (exact) mass is 276 g/mol. The van der Waals surface area contributed by atoms with Gasteiger partial charge in [-0.2, -0.15) is 0 Å². The molecule has 0 aromatic heterocycles. The van der Waals surface area contributed by atoms with Crippen molar-refractivity contribution in [2.45, 2.75) is 0 Å². The van der Waals surface area contributed by atoms with E-state index < -0.39 is 0 Å². The second-order valence-corrected chi connectivity index (χ2v) is 4.57. The molecule has 0 atom stereocenters. The van der Waals surface area contributed by atoms with Gasteiger partial charge in [0.15, 0.2) is 5.78 Å². The van der Waals surface area contributed by atoms with Crippen LogP contribution in [-0.4, -0.2) is 5.78 Å². The minimum absolute atomic E-state index is 0.0996. The average molecular weight is 277 g/mol. The van der Waals surface area contributed by atoms with Crippen LogP contribution in [0.1, 0.15) is 15.9 Å². The molecule has 2 rings (SSSR count). The fraction of sp³-hybridized carbons (Fsp3) is 0. The first-order valence-electron chi connectivity index (χ1n) is 5.39. The molecule has 0 bridgehead atoms.